The molecule has 0 bridgehead atoms. The van der Waals surface area contributed by atoms with Gasteiger partial charge in [-0.25, -0.2) is 4.39 Å². The van der Waals surface area contributed by atoms with Crippen LogP contribution >= 0.6 is 0 Å². The van der Waals surface area contributed by atoms with E-state index in [1.807, 2.05) is 25.8 Å². The first-order valence-electron chi connectivity index (χ1n) is 20.3. The number of nitrogens with zero attached hydrogens (tertiary/aromatic N) is 3. The first kappa shape index (κ1) is 44.2. The minimum absolute atomic E-state index is 0.00396. The van der Waals surface area contributed by atoms with Crippen LogP contribution in [0.3, 0.4) is 0 Å². The summed E-state index contributed by atoms with van der Waals surface area (Å²) in [6.45, 7) is 5.66. The number of H-pyrrole nitrogens is 1. The highest BCUT2D eigenvalue weighted by atomic mass is 19.4. The number of aromatic nitrogens is 1. The molecule has 3 aliphatic heterocycles. The van der Waals surface area contributed by atoms with E-state index in [1.54, 1.807) is 24.3 Å². The number of fused-ring (bicyclic) bond motifs is 1. The normalized spacial score (nSPS) is 19.2. The van der Waals surface area contributed by atoms with Gasteiger partial charge < -0.3 is 25.8 Å². The van der Waals surface area contributed by atoms with Crippen molar-refractivity contribution in [2.45, 2.75) is 63.8 Å². The Balaban J connectivity index is 0.995. The summed E-state index contributed by atoms with van der Waals surface area (Å²) in [5.74, 6) is -4.87. The molecule has 330 valence electrons. The number of aromatic amines is 1. The molecular formula is C44H44F4N8O7. The van der Waals surface area contributed by atoms with E-state index in [0.29, 0.717) is 56.1 Å². The van der Waals surface area contributed by atoms with Crippen LogP contribution in [-0.4, -0.2) is 102 Å². The number of imide groups is 2. The van der Waals surface area contributed by atoms with E-state index < -0.39 is 70.2 Å². The second kappa shape index (κ2) is 17.8. The Morgan fingerprint density at radius 3 is 2.27 bits per heavy atom. The third-order valence-corrected chi connectivity index (χ3v) is 11.6. The van der Waals surface area contributed by atoms with E-state index in [4.69, 9.17) is 0 Å². The predicted molar refractivity (Wildman–Crippen MR) is 224 cm³/mol. The zero-order valence-electron chi connectivity index (χ0n) is 34.5. The fourth-order valence-electron chi connectivity index (χ4n) is 8.09. The van der Waals surface area contributed by atoms with E-state index in [1.165, 1.54) is 24.3 Å². The number of alkyl halides is 3. The van der Waals surface area contributed by atoms with Crippen molar-refractivity contribution in [1.29, 1.82) is 0 Å². The maximum absolute atomic E-state index is 15.8. The Hall–Kier alpha value is -6.89. The molecule has 3 atom stereocenters. The van der Waals surface area contributed by atoms with Gasteiger partial charge >= 0.3 is 6.18 Å². The highest BCUT2D eigenvalue weighted by molar-refractivity contribution is 6.25. The molecule has 0 spiro atoms. The molecule has 4 heterocycles. The summed E-state index contributed by atoms with van der Waals surface area (Å²) in [7, 11) is 1.98. The van der Waals surface area contributed by atoms with Crippen LogP contribution in [0.5, 0.6) is 0 Å². The number of hydrogen-bond acceptors (Lipinski definition) is 10. The summed E-state index contributed by atoms with van der Waals surface area (Å²) in [6, 6.07) is 12.7. The fraction of sp³-hybridized carbons (Fsp3) is 0.341. The average Bonchev–Trinajstić information content (AvgIpc) is 3.49. The van der Waals surface area contributed by atoms with Gasteiger partial charge in [0.25, 0.3) is 23.6 Å². The monoisotopic (exact) mass is 872 g/mol. The van der Waals surface area contributed by atoms with Gasteiger partial charge in [0, 0.05) is 73.8 Å². The molecule has 5 N–H and O–H groups in total. The van der Waals surface area contributed by atoms with Crippen LogP contribution in [0.2, 0.25) is 0 Å². The number of piperidine rings is 1. The first-order chi connectivity index (χ1) is 29.9. The van der Waals surface area contributed by atoms with Crippen molar-refractivity contribution >= 4 is 52.5 Å². The van der Waals surface area contributed by atoms with E-state index >= 15 is 4.39 Å². The maximum atomic E-state index is 15.8. The third kappa shape index (κ3) is 9.18. The van der Waals surface area contributed by atoms with Crippen molar-refractivity contribution in [1.82, 2.24) is 25.4 Å². The minimum Gasteiger partial charge on any atom is -0.384 e. The second-order valence-electron chi connectivity index (χ2n) is 15.8. The Labute approximate surface area is 358 Å². The highest BCUT2D eigenvalue weighted by Crippen LogP contribution is 2.37. The molecule has 3 aromatic carbocycles. The predicted octanol–water partition coefficient (Wildman–Crippen LogP) is 5.00. The largest absolute Gasteiger partial charge is 0.417 e. The minimum atomic E-state index is -5.00. The van der Waals surface area contributed by atoms with Gasteiger partial charge in [0.05, 0.1) is 33.6 Å². The van der Waals surface area contributed by atoms with Crippen molar-refractivity contribution in [2.24, 2.45) is 0 Å². The van der Waals surface area contributed by atoms with Gasteiger partial charge in [-0.05, 0) is 82.1 Å². The Bertz CT molecular complexity index is 2570. The molecule has 4 aromatic rings. The van der Waals surface area contributed by atoms with Gasteiger partial charge in [-0.3, -0.25) is 48.7 Å². The number of anilines is 3. The molecule has 0 saturated carbocycles. The van der Waals surface area contributed by atoms with Gasteiger partial charge in [-0.1, -0.05) is 18.2 Å². The van der Waals surface area contributed by atoms with E-state index in [2.05, 4.69) is 31.2 Å². The fourth-order valence-corrected chi connectivity index (χ4v) is 8.09. The van der Waals surface area contributed by atoms with E-state index in [-0.39, 0.29) is 65.0 Å². The number of pyridine rings is 1. The summed E-state index contributed by atoms with van der Waals surface area (Å²) >= 11 is 0. The number of likely N-dealkylation sites (N-methyl/N-ethyl adjacent to an activating group) is 1. The number of halogens is 4. The molecule has 2 saturated heterocycles. The van der Waals surface area contributed by atoms with Crippen LogP contribution in [0.1, 0.15) is 86.5 Å². The van der Waals surface area contributed by atoms with Gasteiger partial charge in [0.1, 0.15) is 11.9 Å². The van der Waals surface area contributed by atoms with Crippen LogP contribution in [0.15, 0.2) is 71.7 Å². The van der Waals surface area contributed by atoms with Gasteiger partial charge in [0.2, 0.25) is 17.4 Å². The topological polar surface area (TPSA) is 193 Å². The standard InChI is InChI=1S/C44H44F4N8O7/c1-23-21-55(22-24(2)54(23)3)34-12-10-25(18-33(34)52-40(60)29-20-51-37(58)19-30(29)44(46,47)48)27-11-9-26(17-31(27)45)39(59)50-16-5-4-15-49-32-8-6-7-28-38(32)43(63)56(42(28)62)35-13-14-36(57)53-41(35)61/h6-12,17-20,23-24,35,49H,4-5,13-16,21-22H2,1-3H3,(H,50,59)(H,51,58)(H,52,60)(H,53,57,61)/t23-,24+,35?. The lowest BCUT2D eigenvalue weighted by molar-refractivity contribution is -0.138. The first-order valence-corrected chi connectivity index (χ1v) is 20.3. The van der Waals surface area contributed by atoms with E-state index in [0.717, 1.165) is 11.0 Å². The number of piperazine rings is 1. The quantitative estimate of drug-likeness (QED) is 0.0735. The summed E-state index contributed by atoms with van der Waals surface area (Å²) in [6.07, 6.45) is -3.24. The Kier molecular flexibility index (Phi) is 12.5. The van der Waals surface area contributed by atoms with Crippen molar-refractivity contribution in [3.63, 3.8) is 0 Å². The molecule has 19 heteroatoms. The van der Waals surface area contributed by atoms with Crippen LogP contribution in [0, 0.1) is 5.82 Å². The number of benzene rings is 3. The molecule has 7 rings (SSSR count). The number of amides is 6. The van der Waals surface area contributed by atoms with Crippen LogP contribution in [-0.2, 0) is 15.8 Å². The molecule has 6 amide bonds. The zero-order valence-corrected chi connectivity index (χ0v) is 34.5. The van der Waals surface area contributed by atoms with Crippen molar-refractivity contribution < 1.29 is 46.3 Å². The van der Waals surface area contributed by atoms with Gasteiger partial charge in [-0.2, -0.15) is 13.2 Å². The summed E-state index contributed by atoms with van der Waals surface area (Å²) < 4.78 is 57.5. The van der Waals surface area contributed by atoms with Gasteiger partial charge in [-0.15, -0.1) is 0 Å². The smallest absolute Gasteiger partial charge is 0.384 e. The molecule has 1 unspecified atom stereocenters. The van der Waals surface area contributed by atoms with Crippen molar-refractivity contribution in [3.05, 3.63) is 111 Å². The average molecular weight is 873 g/mol. The highest BCUT2D eigenvalue weighted by Gasteiger charge is 2.45. The molecule has 0 radical (unpaired) electrons. The van der Waals surface area contributed by atoms with Crippen molar-refractivity contribution in [2.75, 3.05) is 48.8 Å². The van der Waals surface area contributed by atoms with Crippen LogP contribution in [0.4, 0.5) is 34.6 Å². The zero-order chi connectivity index (χ0) is 45.3. The van der Waals surface area contributed by atoms with Crippen LogP contribution < -0.4 is 31.7 Å². The lowest BCUT2D eigenvalue weighted by atomic mass is 10.00. The number of rotatable bonds is 12. The number of hydrogen-bond donors (Lipinski definition) is 5. The molecular weight excluding hydrogens is 829 g/mol. The summed E-state index contributed by atoms with van der Waals surface area (Å²) in [5.41, 5.74) is -1.59. The molecule has 15 nitrogen and oxygen atoms in total. The number of carbonyl (C=O) groups is 6. The third-order valence-electron chi connectivity index (χ3n) is 11.6. The number of nitrogens with one attached hydrogen (secondary N) is 5. The Morgan fingerprint density at radius 2 is 1.57 bits per heavy atom. The number of carbonyl (C=O) groups excluding carboxylic acids is 6. The lowest BCUT2D eigenvalue weighted by Crippen LogP contribution is -2.55. The maximum Gasteiger partial charge on any atom is 0.417 e. The molecule has 1 aromatic heterocycles. The molecule has 3 aliphatic rings. The number of unbranched alkanes of at least 4 members (excludes halogenated alkanes) is 1. The van der Waals surface area contributed by atoms with Gasteiger partial charge in [0.15, 0.2) is 0 Å². The Morgan fingerprint density at radius 1 is 0.841 bits per heavy atom. The summed E-state index contributed by atoms with van der Waals surface area (Å²) in [4.78, 5) is 96.0. The van der Waals surface area contributed by atoms with Crippen LogP contribution in [0.25, 0.3) is 11.1 Å². The SMILES string of the molecule is C[C@@H]1CN(c2ccc(-c3ccc(C(=O)NCCCCNc4cccc5c4C(=O)N(C4CCC(=O)NC4=O)C5=O)cc3F)cc2NC(=O)c2c[nH]c(=O)cc2C(F)(F)F)C[C@H](C)N1C. The van der Waals surface area contributed by atoms with E-state index in [9.17, 15) is 46.7 Å². The second-order valence-corrected chi connectivity index (χ2v) is 15.8. The molecule has 63 heavy (non-hydrogen) atoms. The summed E-state index contributed by atoms with van der Waals surface area (Å²) in [5, 5.41) is 10.6. The molecule has 0 aliphatic carbocycles. The van der Waals surface area contributed by atoms with Crippen molar-refractivity contribution in [3.8, 4) is 11.1 Å². The lowest BCUT2D eigenvalue weighted by Gasteiger charge is -2.44. The molecule has 2 fully saturated rings.